The number of aromatic nitrogens is 1. The molecule has 6 heteroatoms. The molecule has 3 rings (SSSR count). The lowest BCUT2D eigenvalue weighted by Gasteiger charge is -2.27. The zero-order valence-corrected chi connectivity index (χ0v) is 16.2. The number of benzene rings is 1. The maximum absolute atomic E-state index is 13.0. The van der Waals surface area contributed by atoms with Gasteiger partial charge in [0.15, 0.2) is 11.5 Å². The number of nitrogens with zero attached hydrogens (tertiary/aromatic N) is 3. The fourth-order valence-corrected chi connectivity index (χ4v) is 3.40. The van der Waals surface area contributed by atoms with E-state index in [1.165, 1.54) is 0 Å². The highest BCUT2D eigenvalue weighted by Crippen LogP contribution is 2.37. The molecule has 0 bridgehead atoms. The van der Waals surface area contributed by atoms with E-state index in [-0.39, 0.29) is 17.8 Å². The van der Waals surface area contributed by atoms with Gasteiger partial charge in [0.1, 0.15) is 0 Å². The molecule has 2 aromatic rings. The Bertz CT molecular complexity index is 863. The highest BCUT2D eigenvalue weighted by atomic mass is 16.3. The Labute approximate surface area is 165 Å². The minimum absolute atomic E-state index is 0.174. The Morgan fingerprint density at radius 1 is 1.18 bits per heavy atom. The lowest BCUT2D eigenvalue weighted by Crippen LogP contribution is -2.36. The third kappa shape index (κ3) is 4.28. The maximum Gasteiger partial charge on any atom is 0.290 e. The fraction of sp³-hybridized carbons (Fsp3) is 0.318. The molecule has 1 N–H and O–H groups in total. The van der Waals surface area contributed by atoms with Crippen molar-refractivity contribution in [3.05, 3.63) is 77.3 Å². The highest BCUT2D eigenvalue weighted by Gasteiger charge is 2.43. The number of likely N-dealkylation sites (N-methyl/N-ethyl adjacent to an activating group) is 1. The highest BCUT2D eigenvalue weighted by molar-refractivity contribution is 6.09. The molecule has 1 atom stereocenters. The number of carbonyl (C=O) groups is 2. The monoisotopic (exact) mass is 379 g/mol. The average Bonchev–Trinajstić information content (AvgIpc) is 2.96. The summed E-state index contributed by atoms with van der Waals surface area (Å²) in [6, 6.07) is 12.7. The van der Waals surface area contributed by atoms with Gasteiger partial charge >= 0.3 is 0 Å². The molecule has 1 aliphatic heterocycles. The Morgan fingerprint density at radius 3 is 2.57 bits per heavy atom. The number of aryl methyl sites for hydroxylation is 1. The van der Waals surface area contributed by atoms with E-state index in [4.69, 9.17) is 0 Å². The Hall–Kier alpha value is -2.99. The summed E-state index contributed by atoms with van der Waals surface area (Å²) in [4.78, 5) is 33.4. The van der Waals surface area contributed by atoms with Gasteiger partial charge in [0.2, 0.25) is 0 Å². The molecule has 1 aliphatic rings. The number of ketones is 1. The van der Waals surface area contributed by atoms with Gasteiger partial charge in [-0.15, -0.1) is 0 Å². The van der Waals surface area contributed by atoms with Crippen LogP contribution in [0.25, 0.3) is 0 Å². The minimum Gasteiger partial charge on any atom is -0.503 e. The van der Waals surface area contributed by atoms with Gasteiger partial charge in [0.05, 0.1) is 11.6 Å². The number of hydrogen-bond donors (Lipinski definition) is 1. The predicted octanol–water partition coefficient (Wildman–Crippen LogP) is 2.54. The SMILES string of the molecule is CN(C)CCN1C(=O)C(O)=C(C(=O)CCc2ccccc2)C1c1cccnc1. The standard InChI is InChI=1S/C22H25N3O3/c1-24(2)13-14-25-20(17-9-6-12-23-15-17)19(21(27)22(25)28)18(26)11-10-16-7-4-3-5-8-16/h3-9,12,15,20,27H,10-11,13-14H2,1-2H3. The molecular weight excluding hydrogens is 354 g/mol. The molecule has 0 aliphatic carbocycles. The van der Waals surface area contributed by atoms with Crippen LogP contribution in [-0.2, 0) is 16.0 Å². The number of pyridine rings is 1. The summed E-state index contributed by atoms with van der Waals surface area (Å²) < 4.78 is 0. The van der Waals surface area contributed by atoms with E-state index < -0.39 is 17.7 Å². The molecule has 146 valence electrons. The van der Waals surface area contributed by atoms with Crippen molar-refractivity contribution in [2.75, 3.05) is 27.2 Å². The molecule has 1 amide bonds. The number of rotatable bonds is 8. The lowest BCUT2D eigenvalue weighted by molar-refractivity contribution is -0.129. The van der Waals surface area contributed by atoms with Crippen LogP contribution in [0.4, 0.5) is 0 Å². The van der Waals surface area contributed by atoms with Crippen LogP contribution in [0.1, 0.15) is 23.6 Å². The second kappa shape index (κ2) is 8.80. The predicted molar refractivity (Wildman–Crippen MR) is 107 cm³/mol. The third-order valence-corrected chi connectivity index (χ3v) is 4.88. The molecule has 6 nitrogen and oxygen atoms in total. The number of amides is 1. The first kappa shape index (κ1) is 19.8. The lowest BCUT2D eigenvalue weighted by atomic mass is 9.94. The van der Waals surface area contributed by atoms with Crippen LogP contribution < -0.4 is 0 Å². The van der Waals surface area contributed by atoms with Crippen LogP contribution in [0.3, 0.4) is 0 Å². The Kier molecular flexibility index (Phi) is 6.21. The van der Waals surface area contributed by atoms with Crippen LogP contribution in [-0.4, -0.2) is 58.8 Å². The molecule has 0 fully saturated rings. The van der Waals surface area contributed by atoms with Gasteiger partial charge in [-0.05, 0) is 37.7 Å². The van der Waals surface area contributed by atoms with E-state index in [0.29, 0.717) is 19.5 Å². The summed E-state index contributed by atoms with van der Waals surface area (Å²) in [6.45, 7) is 1.03. The zero-order valence-electron chi connectivity index (χ0n) is 16.2. The molecule has 0 saturated carbocycles. The number of carbonyl (C=O) groups excluding carboxylic acids is 2. The van der Waals surface area contributed by atoms with Crippen molar-refractivity contribution in [2.24, 2.45) is 0 Å². The Morgan fingerprint density at radius 2 is 1.93 bits per heavy atom. The molecule has 0 spiro atoms. The zero-order chi connectivity index (χ0) is 20.1. The van der Waals surface area contributed by atoms with Gasteiger partial charge in [0, 0.05) is 31.9 Å². The van der Waals surface area contributed by atoms with Crippen LogP contribution in [0.5, 0.6) is 0 Å². The molecule has 1 aromatic heterocycles. The molecule has 0 saturated heterocycles. The van der Waals surface area contributed by atoms with Crippen molar-refractivity contribution >= 4 is 11.7 Å². The first-order chi connectivity index (χ1) is 13.5. The first-order valence-corrected chi connectivity index (χ1v) is 9.35. The second-order valence-electron chi connectivity index (χ2n) is 7.16. The quantitative estimate of drug-likeness (QED) is 0.763. The summed E-state index contributed by atoms with van der Waals surface area (Å²) in [6.07, 6.45) is 4.08. The van der Waals surface area contributed by atoms with Crippen molar-refractivity contribution in [1.29, 1.82) is 0 Å². The number of aliphatic hydroxyl groups is 1. The summed E-state index contributed by atoms with van der Waals surface area (Å²) in [5, 5.41) is 10.5. The summed E-state index contributed by atoms with van der Waals surface area (Å²) in [5.74, 6) is -1.15. The van der Waals surface area contributed by atoms with Crippen LogP contribution >= 0.6 is 0 Å². The van der Waals surface area contributed by atoms with Gasteiger partial charge < -0.3 is 14.9 Å². The van der Waals surface area contributed by atoms with E-state index in [1.54, 1.807) is 23.4 Å². The van der Waals surface area contributed by atoms with E-state index in [2.05, 4.69) is 4.98 Å². The molecular formula is C22H25N3O3. The largest absolute Gasteiger partial charge is 0.503 e. The summed E-state index contributed by atoms with van der Waals surface area (Å²) in [5.41, 5.74) is 1.94. The van der Waals surface area contributed by atoms with Gasteiger partial charge in [0.25, 0.3) is 5.91 Å². The molecule has 1 unspecified atom stereocenters. The van der Waals surface area contributed by atoms with E-state index in [9.17, 15) is 14.7 Å². The number of hydrogen-bond acceptors (Lipinski definition) is 5. The van der Waals surface area contributed by atoms with E-state index >= 15 is 0 Å². The number of Topliss-reactive ketones (excluding diaryl/α,β-unsaturated/α-hetero) is 1. The van der Waals surface area contributed by atoms with Gasteiger partial charge in [-0.25, -0.2) is 0 Å². The van der Waals surface area contributed by atoms with Crippen molar-refractivity contribution in [3.63, 3.8) is 0 Å². The fourth-order valence-electron chi connectivity index (χ4n) is 3.40. The van der Waals surface area contributed by atoms with Crippen molar-refractivity contribution in [1.82, 2.24) is 14.8 Å². The van der Waals surface area contributed by atoms with Crippen LogP contribution in [0, 0.1) is 0 Å². The summed E-state index contributed by atoms with van der Waals surface area (Å²) >= 11 is 0. The van der Waals surface area contributed by atoms with Gasteiger partial charge in [-0.3, -0.25) is 14.6 Å². The molecule has 2 heterocycles. The third-order valence-electron chi connectivity index (χ3n) is 4.88. The smallest absolute Gasteiger partial charge is 0.290 e. The van der Waals surface area contributed by atoms with E-state index in [1.807, 2.05) is 55.4 Å². The van der Waals surface area contributed by atoms with E-state index in [0.717, 1.165) is 11.1 Å². The van der Waals surface area contributed by atoms with Gasteiger partial charge in [-0.1, -0.05) is 36.4 Å². The topological polar surface area (TPSA) is 73.7 Å². The van der Waals surface area contributed by atoms with Crippen molar-refractivity contribution in [3.8, 4) is 0 Å². The minimum atomic E-state index is -0.607. The second-order valence-corrected chi connectivity index (χ2v) is 7.16. The van der Waals surface area contributed by atoms with Crippen LogP contribution in [0.2, 0.25) is 0 Å². The molecule has 1 aromatic carbocycles. The van der Waals surface area contributed by atoms with Gasteiger partial charge in [-0.2, -0.15) is 0 Å². The normalized spacial score (nSPS) is 16.9. The first-order valence-electron chi connectivity index (χ1n) is 9.35. The molecule has 28 heavy (non-hydrogen) atoms. The van der Waals surface area contributed by atoms with Crippen molar-refractivity contribution in [2.45, 2.75) is 18.9 Å². The maximum atomic E-state index is 13.0. The summed E-state index contributed by atoms with van der Waals surface area (Å²) in [7, 11) is 3.83. The van der Waals surface area contributed by atoms with Crippen molar-refractivity contribution < 1.29 is 14.7 Å². The van der Waals surface area contributed by atoms with Crippen LogP contribution in [0.15, 0.2) is 66.2 Å². The average molecular weight is 379 g/mol. The number of aliphatic hydroxyl groups excluding tert-OH is 1. The molecule has 0 radical (unpaired) electrons. The Balaban J connectivity index is 1.87.